The van der Waals surface area contributed by atoms with E-state index >= 15 is 0 Å². The lowest BCUT2D eigenvalue weighted by atomic mass is 10.1. The fourth-order valence-electron chi connectivity index (χ4n) is 3.10. The smallest absolute Gasteiger partial charge is 0.327 e. The molecule has 2 unspecified atom stereocenters. The minimum Gasteiger partial charge on any atom is -0.465 e. The summed E-state index contributed by atoms with van der Waals surface area (Å²) in [6, 6.07) is 10.7. The van der Waals surface area contributed by atoms with Gasteiger partial charge < -0.3 is 4.74 Å². The van der Waals surface area contributed by atoms with Gasteiger partial charge in [-0.2, -0.15) is 0 Å². The van der Waals surface area contributed by atoms with Crippen LogP contribution in [0.25, 0.3) is 0 Å². The molecule has 0 bridgehead atoms. The third kappa shape index (κ3) is 3.63. The van der Waals surface area contributed by atoms with E-state index in [0.717, 1.165) is 31.1 Å². The molecule has 1 saturated heterocycles. The van der Waals surface area contributed by atoms with Crippen molar-refractivity contribution in [2.45, 2.75) is 44.3 Å². The van der Waals surface area contributed by atoms with Gasteiger partial charge in [-0.15, -0.1) is 0 Å². The van der Waals surface area contributed by atoms with Gasteiger partial charge >= 0.3 is 5.97 Å². The molecule has 2 fully saturated rings. The molecule has 1 saturated carbocycles. The highest BCUT2D eigenvalue weighted by Gasteiger charge is 2.36. The lowest BCUT2D eigenvalue weighted by Gasteiger charge is -2.22. The molecule has 0 spiro atoms. The molecule has 114 valence electrons. The zero-order valence-electron chi connectivity index (χ0n) is 12.6. The number of carbonyl (C=O) groups is 1. The third-order valence-electron chi connectivity index (χ3n) is 4.34. The van der Waals surface area contributed by atoms with Crippen molar-refractivity contribution >= 4 is 5.97 Å². The molecule has 1 aromatic rings. The first-order valence-corrected chi connectivity index (χ1v) is 7.99. The average molecular weight is 288 g/mol. The van der Waals surface area contributed by atoms with Crippen molar-refractivity contribution < 1.29 is 9.53 Å². The van der Waals surface area contributed by atoms with Crippen molar-refractivity contribution in [2.75, 3.05) is 19.7 Å². The molecule has 3 rings (SSSR count). The Bertz CT molecular complexity index is 473. The van der Waals surface area contributed by atoms with Crippen molar-refractivity contribution in [3.05, 3.63) is 35.9 Å². The Morgan fingerprint density at radius 2 is 2.10 bits per heavy atom. The van der Waals surface area contributed by atoms with Gasteiger partial charge in [-0.3, -0.25) is 10.2 Å². The van der Waals surface area contributed by atoms with Crippen molar-refractivity contribution in [1.29, 1.82) is 0 Å². The van der Waals surface area contributed by atoms with Gasteiger partial charge in [0.25, 0.3) is 0 Å². The molecule has 1 aliphatic carbocycles. The monoisotopic (exact) mass is 288 g/mol. The van der Waals surface area contributed by atoms with E-state index in [9.17, 15) is 4.79 Å². The Labute approximate surface area is 126 Å². The highest BCUT2D eigenvalue weighted by Crippen LogP contribution is 2.30. The maximum absolute atomic E-state index is 12.3. The summed E-state index contributed by atoms with van der Waals surface area (Å²) < 4.78 is 5.24. The van der Waals surface area contributed by atoms with Crippen molar-refractivity contribution in [3.8, 4) is 0 Å². The van der Waals surface area contributed by atoms with Crippen molar-refractivity contribution in [2.24, 2.45) is 0 Å². The van der Waals surface area contributed by atoms with Crippen LogP contribution in [0.5, 0.6) is 0 Å². The average Bonchev–Trinajstić information content (AvgIpc) is 3.25. The Morgan fingerprint density at radius 1 is 1.33 bits per heavy atom. The molecular weight excluding hydrogens is 264 g/mol. The summed E-state index contributed by atoms with van der Waals surface area (Å²) in [7, 11) is 0. The van der Waals surface area contributed by atoms with E-state index in [4.69, 9.17) is 4.74 Å². The van der Waals surface area contributed by atoms with Gasteiger partial charge in [-0.1, -0.05) is 30.3 Å². The van der Waals surface area contributed by atoms with E-state index in [2.05, 4.69) is 10.2 Å². The number of hydrogen-bond donors (Lipinski definition) is 1. The number of nitrogens with zero attached hydrogens (tertiary/aromatic N) is 1. The van der Waals surface area contributed by atoms with Crippen LogP contribution in [0.2, 0.25) is 0 Å². The van der Waals surface area contributed by atoms with Gasteiger partial charge in [0.05, 0.1) is 6.61 Å². The summed E-state index contributed by atoms with van der Waals surface area (Å²) in [5, 5.41) is 3.51. The van der Waals surface area contributed by atoms with Crippen molar-refractivity contribution in [3.63, 3.8) is 0 Å². The fourth-order valence-corrected chi connectivity index (χ4v) is 3.10. The van der Waals surface area contributed by atoms with Gasteiger partial charge in [0.15, 0.2) is 0 Å². The second-order valence-electron chi connectivity index (χ2n) is 5.97. The predicted octanol–water partition coefficient (Wildman–Crippen LogP) is 2.12. The minimum absolute atomic E-state index is 0.173. The van der Waals surface area contributed by atoms with Gasteiger partial charge in [-0.05, 0) is 31.7 Å². The summed E-state index contributed by atoms with van der Waals surface area (Å²) >= 11 is 0. The summed E-state index contributed by atoms with van der Waals surface area (Å²) in [6.07, 6.45) is 3.79. The van der Waals surface area contributed by atoms with Crippen LogP contribution < -0.4 is 5.32 Å². The minimum atomic E-state index is -0.352. The van der Waals surface area contributed by atoms with Crippen LogP contribution >= 0.6 is 0 Å². The molecular formula is C17H24N2O2. The third-order valence-corrected chi connectivity index (χ3v) is 4.34. The molecule has 2 atom stereocenters. The zero-order chi connectivity index (χ0) is 14.7. The Hall–Kier alpha value is -1.39. The van der Waals surface area contributed by atoms with E-state index in [1.54, 1.807) is 0 Å². The molecule has 0 radical (unpaired) electrons. The highest BCUT2D eigenvalue weighted by molar-refractivity contribution is 5.77. The molecule has 1 aromatic carbocycles. The first-order chi connectivity index (χ1) is 10.3. The number of hydrogen-bond acceptors (Lipinski definition) is 4. The van der Waals surface area contributed by atoms with Crippen LogP contribution in [0.3, 0.4) is 0 Å². The number of rotatable bonds is 6. The molecule has 0 amide bonds. The molecule has 4 nitrogen and oxygen atoms in total. The second kappa shape index (κ2) is 6.58. The quantitative estimate of drug-likeness (QED) is 0.814. The van der Waals surface area contributed by atoms with Gasteiger partial charge in [-0.25, -0.2) is 4.79 Å². The van der Waals surface area contributed by atoms with Gasteiger partial charge in [0.1, 0.15) is 6.04 Å². The standard InChI is InChI=1S/C17H24N2O2/c1-2-21-17(20)16(13-6-4-3-5-7-13)18-14-10-11-19(12-14)15-8-9-15/h3-7,14-16,18H,2,8-12H2,1H3. The van der Waals surface area contributed by atoms with Crippen LogP contribution in [0.1, 0.15) is 37.8 Å². The molecule has 0 aromatic heterocycles. The van der Waals surface area contributed by atoms with Crippen LogP contribution in [-0.2, 0) is 9.53 Å². The molecule has 4 heteroatoms. The zero-order valence-corrected chi connectivity index (χ0v) is 12.6. The van der Waals surface area contributed by atoms with Crippen LogP contribution in [-0.4, -0.2) is 42.6 Å². The van der Waals surface area contributed by atoms with E-state index in [1.165, 1.54) is 12.8 Å². The van der Waals surface area contributed by atoms with Gasteiger partial charge in [0.2, 0.25) is 0 Å². The molecule has 21 heavy (non-hydrogen) atoms. The number of benzene rings is 1. The first-order valence-electron chi connectivity index (χ1n) is 7.99. The SMILES string of the molecule is CCOC(=O)C(NC1CCN(C2CC2)C1)c1ccccc1. The summed E-state index contributed by atoms with van der Waals surface area (Å²) in [5.41, 5.74) is 0.987. The van der Waals surface area contributed by atoms with E-state index in [-0.39, 0.29) is 12.0 Å². The maximum atomic E-state index is 12.3. The van der Waals surface area contributed by atoms with E-state index < -0.39 is 0 Å². The predicted molar refractivity (Wildman–Crippen MR) is 82.0 cm³/mol. The first kappa shape index (κ1) is 14.5. The fraction of sp³-hybridized carbons (Fsp3) is 0.588. The molecule has 1 N–H and O–H groups in total. The number of ether oxygens (including phenoxy) is 1. The van der Waals surface area contributed by atoms with Gasteiger partial charge in [0, 0.05) is 25.2 Å². The molecule has 2 aliphatic rings. The lowest BCUT2D eigenvalue weighted by molar-refractivity contribution is -0.146. The summed E-state index contributed by atoms with van der Waals surface area (Å²) in [6.45, 7) is 4.47. The topological polar surface area (TPSA) is 41.6 Å². The Morgan fingerprint density at radius 3 is 2.76 bits per heavy atom. The second-order valence-corrected chi connectivity index (χ2v) is 5.97. The van der Waals surface area contributed by atoms with Crippen LogP contribution in [0.15, 0.2) is 30.3 Å². The van der Waals surface area contributed by atoms with E-state index in [0.29, 0.717) is 12.6 Å². The Kier molecular flexibility index (Phi) is 4.56. The number of esters is 1. The largest absolute Gasteiger partial charge is 0.465 e. The molecule has 1 heterocycles. The normalized spacial score (nSPS) is 24.0. The number of nitrogens with one attached hydrogen (secondary N) is 1. The summed E-state index contributed by atoms with van der Waals surface area (Å²) in [4.78, 5) is 14.8. The van der Waals surface area contributed by atoms with Crippen molar-refractivity contribution in [1.82, 2.24) is 10.2 Å². The highest BCUT2D eigenvalue weighted by atomic mass is 16.5. The van der Waals surface area contributed by atoms with Crippen LogP contribution in [0.4, 0.5) is 0 Å². The maximum Gasteiger partial charge on any atom is 0.327 e. The lowest BCUT2D eigenvalue weighted by Crippen LogP contribution is -2.40. The van der Waals surface area contributed by atoms with Crippen LogP contribution in [0, 0.1) is 0 Å². The molecule has 1 aliphatic heterocycles. The number of carbonyl (C=O) groups excluding carboxylic acids is 1. The summed E-state index contributed by atoms with van der Waals surface area (Å²) in [5.74, 6) is -0.173. The van der Waals surface area contributed by atoms with E-state index in [1.807, 2.05) is 37.3 Å². The Balaban J connectivity index is 1.66. The number of likely N-dealkylation sites (tertiary alicyclic amines) is 1.